The van der Waals surface area contributed by atoms with Crippen molar-refractivity contribution in [3.05, 3.63) is 82.5 Å². The molecule has 1 atom stereocenters. The number of carboxylic acid groups (broad SMARTS) is 1. The molecule has 30 heavy (non-hydrogen) atoms. The summed E-state index contributed by atoms with van der Waals surface area (Å²) in [5, 5.41) is 17.7. The van der Waals surface area contributed by atoms with Crippen molar-refractivity contribution < 1.29 is 9.90 Å². The molecule has 3 aromatic rings. The highest BCUT2D eigenvalue weighted by atomic mass is 35.5. The Bertz CT molecular complexity index is 1030. The molecule has 2 aromatic carbocycles. The molecule has 5 nitrogen and oxygen atoms in total. The van der Waals surface area contributed by atoms with Crippen molar-refractivity contribution in [2.45, 2.75) is 22.4 Å². The Balaban J connectivity index is 1.73. The summed E-state index contributed by atoms with van der Waals surface area (Å²) in [5.41, 5.74) is 1.48. The zero-order valence-electron chi connectivity index (χ0n) is 15.5. The number of nitrogens with one attached hydrogen (secondary N) is 2. The normalized spacial score (nSPS) is 11.5. The SMILES string of the molecule is O=C(O)C[C@@H](NC(=S)Nc1cccnc1Sc1ccc(Cl)cc1)c1ccc(Cl)cc1. The van der Waals surface area contributed by atoms with Gasteiger partial charge in [-0.25, -0.2) is 4.98 Å². The topological polar surface area (TPSA) is 74.2 Å². The number of aliphatic carboxylic acids is 1. The second kappa shape index (κ2) is 10.6. The Morgan fingerprint density at radius 2 is 1.70 bits per heavy atom. The van der Waals surface area contributed by atoms with E-state index in [0.29, 0.717) is 20.8 Å². The molecule has 3 N–H and O–H groups in total. The fraction of sp³-hybridized carbons (Fsp3) is 0.0952. The molecule has 0 unspecified atom stereocenters. The van der Waals surface area contributed by atoms with Gasteiger partial charge in [-0.05, 0) is 66.3 Å². The first-order valence-electron chi connectivity index (χ1n) is 8.84. The maximum atomic E-state index is 11.3. The molecule has 0 amide bonds. The van der Waals surface area contributed by atoms with Crippen molar-refractivity contribution in [1.82, 2.24) is 10.3 Å². The maximum Gasteiger partial charge on any atom is 0.305 e. The van der Waals surface area contributed by atoms with Crippen LogP contribution in [0, 0.1) is 0 Å². The summed E-state index contributed by atoms with van der Waals surface area (Å²) in [4.78, 5) is 16.7. The zero-order valence-corrected chi connectivity index (χ0v) is 18.7. The lowest BCUT2D eigenvalue weighted by atomic mass is 10.0. The molecule has 0 radical (unpaired) electrons. The first-order valence-corrected chi connectivity index (χ1v) is 10.8. The van der Waals surface area contributed by atoms with Crippen LogP contribution in [0.3, 0.4) is 0 Å². The lowest BCUT2D eigenvalue weighted by molar-refractivity contribution is -0.137. The summed E-state index contributed by atoms with van der Waals surface area (Å²) in [6, 6.07) is 17.6. The molecule has 0 bridgehead atoms. The Morgan fingerprint density at radius 3 is 2.33 bits per heavy atom. The molecule has 0 aliphatic heterocycles. The van der Waals surface area contributed by atoms with Crippen LogP contribution in [0.2, 0.25) is 10.0 Å². The van der Waals surface area contributed by atoms with Crippen LogP contribution in [0.4, 0.5) is 5.69 Å². The highest BCUT2D eigenvalue weighted by Gasteiger charge is 2.17. The summed E-state index contributed by atoms with van der Waals surface area (Å²) in [5.74, 6) is -0.939. The van der Waals surface area contributed by atoms with Gasteiger partial charge in [0.25, 0.3) is 0 Å². The Morgan fingerprint density at radius 1 is 1.07 bits per heavy atom. The molecule has 1 heterocycles. The van der Waals surface area contributed by atoms with Crippen molar-refractivity contribution in [2.24, 2.45) is 0 Å². The number of aromatic nitrogens is 1. The number of carbonyl (C=O) groups is 1. The van der Waals surface area contributed by atoms with E-state index in [1.54, 1.807) is 36.5 Å². The second-order valence-electron chi connectivity index (χ2n) is 6.21. The van der Waals surface area contributed by atoms with Crippen LogP contribution in [0.5, 0.6) is 0 Å². The quantitative estimate of drug-likeness (QED) is 0.358. The molecule has 0 spiro atoms. The molecule has 9 heteroatoms. The maximum absolute atomic E-state index is 11.3. The van der Waals surface area contributed by atoms with Gasteiger partial charge in [0.2, 0.25) is 0 Å². The number of pyridine rings is 1. The zero-order chi connectivity index (χ0) is 21.5. The number of thiocarbonyl (C=S) groups is 1. The van der Waals surface area contributed by atoms with Crippen LogP contribution in [-0.4, -0.2) is 21.2 Å². The first-order chi connectivity index (χ1) is 14.4. The van der Waals surface area contributed by atoms with E-state index in [1.165, 1.54) is 11.8 Å². The minimum Gasteiger partial charge on any atom is -0.481 e. The number of hydrogen-bond acceptors (Lipinski definition) is 4. The van der Waals surface area contributed by atoms with Crippen LogP contribution in [-0.2, 0) is 4.79 Å². The number of anilines is 1. The van der Waals surface area contributed by atoms with Crippen molar-refractivity contribution >= 4 is 64.0 Å². The van der Waals surface area contributed by atoms with E-state index >= 15 is 0 Å². The van der Waals surface area contributed by atoms with Gasteiger partial charge in [0.05, 0.1) is 18.2 Å². The third kappa shape index (κ3) is 6.60. The molecule has 0 fully saturated rings. The number of halogens is 2. The third-order valence-electron chi connectivity index (χ3n) is 4.00. The minimum absolute atomic E-state index is 0.136. The van der Waals surface area contributed by atoms with Crippen molar-refractivity contribution in [1.29, 1.82) is 0 Å². The third-order valence-corrected chi connectivity index (χ3v) is 5.75. The molecule has 0 saturated carbocycles. The Labute approximate surface area is 193 Å². The van der Waals surface area contributed by atoms with E-state index in [4.69, 9.17) is 35.4 Å². The molecule has 1 aromatic heterocycles. The summed E-state index contributed by atoms with van der Waals surface area (Å²) < 4.78 is 0. The highest BCUT2D eigenvalue weighted by molar-refractivity contribution is 7.99. The van der Waals surface area contributed by atoms with Crippen molar-refractivity contribution in [3.63, 3.8) is 0 Å². The van der Waals surface area contributed by atoms with Gasteiger partial charge in [0, 0.05) is 21.1 Å². The van der Waals surface area contributed by atoms with Gasteiger partial charge >= 0.3 is 5.97 Å². The van der Waals surface area contributed by atoms with E-state index in [1.807, 2.05) is 30.3 Å². The largest absolute Gasteiger partial charge is 0.481 e. The minimum atomic E-state index is -0.939. The number of rotatable bonds is 7. The predicted molar refractivity (Wildman–Crippen MR) is 126 cm³/mol. The van der Waals surface area contributed by atoms with Gasteiger partial charge < -0.3 is 15.7 Å². The van der Waals surface area contributed by atoms with Crippen LogP contribution in [0.25, 0.3) is 0 Å². The van der Waals surface area contributed by atoms with Crippen LogP contribution in [0.1, 0.15) is 18.0 Å². The molecular weight excluding hydrogens is 461 g/mol. The highest BCUT2D eigenvalue weighted by Crippen LogP contribution is 2.32. The second-order valence-corrected chi connectivity index (χ2v) is 8.56. The fourth-order valence-electron chi connectivity index (χ4n) is 2.62. The number of carboxylic acids is 1. The van der Waals surface area contributed by atoms with Crippen molar-refractivity contribution in [2.75, 3.05) is 5.32 Å². The monoisotopic (exact) mass is 477 g/mol. The standard InChI is InChI=1S/C21H17Cl2N3O2S2/c22-14-5-3-13(4-6-14)18(12-19(27)28)26-21(29)25-17-2-1-11-24-20(17)30-16-9-7-15(23)8-10-16/h1-11,18H,12H2,(H,27,28)(H2,25,26,29)/t18-/m1/s1. The molecule has 0 aliphatic rings. The summed E-state index contributed by atoms with van der Waals surface area (Å²) >= 11 is 18.8. The first kappa shape index (κ1) is 22.4. The lowest BCUT2D eigenvalue weighted by Gasteiger charge is -2.20. The van der Waals surface area contributed by atoms with Crippen LogP contribution in [0.15, 0.2) is 76.8 Å². The molecule has 3 rings (SSSR count). The van der Waals surface area contributed by atoms with Gasteiger partial charge in [-0.1, -0.05) is 47.1 Å². The lowest BCUT2D eigenvalue weighted by Crippen LogP contribution is -2.33. The van der Waals surface area contributed by atoms with Gasteiger partial charge in [0.1, 0.15) is 5.03 Å². The molecule has 154 valence electrons. The van der Waals surface area contributed by atoms with E-state index in [-0.39, 0.29) is 6.42 Å². The number of benzene rings is 2. The van der Waals surface area contributed by atoms with Gasteiger partial charge in [0.15, 0.2) is 5.11 Å². The van der Waals surface area contributed by atoms with Crippen molar-refractivity contribution in [3.8, 4) is 0 Å². The summed E-state index contributed by atoms with van der Waals surface area (Å²) in [7, 11) is 0. The van der Waals surface area contributed by atoms with E-state index < -0.39 is 12.0 Å². The van der Waals surface area contributed by atoms with Gasteiger partial charge in [-0.15, -0.1) is 0 Å². The smallest absolute Gasteiger partial charge is 0.305 e. The average Bonchev–Trinajstić information content (AvgIpc) is 2.71. The number of nitrogens with zero attached hydrogens (tertiary/aromatic N) is 1. The van der Waals surface area contributed by atoms with Gasteiger partial charge in [-0.2, -0.15) is 0 Å². The van der Waals surface area contributed by atoms with E-state index in [0.717, 1.165) is 15.5 Å². The Hall–Kier alpha value is -2.32. The average molecular weight is 478 g/mol. The fourth-order valence-corrected chi connectivity index (χ4v) is 3.96. The van der Waals surface area contributed by atoms with Gasteiger partial charge in [-0.3, -0.25) is 4.79 Å². The summed E-state index contributed by atoms with van der Waals surface area (Å²) in [6.07, 6.45) is 1.56. The molecular formula is C21H17Cl2N3O2S2. The van der Waals surface area contributed by atoms with Crippen LogP contribution < -0.4 is 10.6 Å². The van der Waals surface area contributed by atoms with E-state index in [2.05, 4.69) is 15.6 Å². The summed E-state index contributed by atoms with van der Waals surface area (Å²) in [6.45, 7) is 0. The molecule has 0 aliphatic carbocycles. The predicted octanol–water partition coefficient (Wildman–Crippen LogP) is 6.04. The number of hydrogen-bond donors (Lipinski definition) is 3. The molecule has 0 saturated heterocycles. The Kier molecular flexibility index (Phi) is 7.93. The van der Waals surface area contributed by atoms with E-state index in [9.17, 15) is 9.90 Å². The van der Waals surface area contributed by atoms with Crippen LogP contribution >= 0.6 is 47.2 Å².